The molecule has 1 heterocycles. The minimum Gasteiger partial charge on any atom is -0.381 e. The summed E-state index contributed by atoms with van der Waals surface area (Å²) in [6.07, 6.45) is 5.32. The fourth-order valence-corrected chi connectivity index (χ4v) is 2.61. The summed E-state index contributed by atoms with van der Waals surface area (Å²) < 4.78 is 2.16. The summed E-state index contributed by atoms with van der Waals surface area (Å²) in [5, 5.41) is 7.56. The van der Waals surface area contributed by atoms with Gasteiger partial charge in [0.05, 0.1) is 11.9 Å². The smallest absolute Gasteiger partial charge is 0.283 e. The quantitative estimate of drug-likeness (QED) is 0.777. The number of rotatable bonds is 8. The van der Waals surface area contributed by atoms with Crippen molar-refractivity contribution in [2.75, 3.05) is 25.5 Å². The first-order valence-corrected chi connectivity index (χ1v) is 8.52. The van der Waals surface area contributed by atoms with Crippen LogP contribution in [0.4, 0.5) is 5.69 Å². The van der Waals surface area contributed by atoms with Crippen molar-refractivity contribution in [3.63, 3.8) is 0 Å². The summed E-state index contributed by atoms with van der Waals surface area (Å²) >= 11 is 3.40. The number of nitrogens with zero attached hydrogens (tertiary/aromatic N) is 3. The van der Waals surface area contributed by atoms with E-state index in [0.29, 0.717) is 16.4 Å². The van der Waals surface area contributed by atoms with Crippen LogP contribution in [-0.4, -0.2) is 40.9 Å². The van der Waals surface area contributed by atoms with Crippen LogP contribution in [0, 0.1) is 5.92 Å². The van der Waals surface area contributed by atoms with E-state index in [9.17, 15) is 4.79 Å². The molecule has 1 aliphatic carbocycles. The zero-order chi connectivity index (χ0) is 15.4. The van der Waals surface area contributed by atoms with Gasteiger partial charge in [0.15, 0.2) is 0 Å². The van der Waals surface area contributed by atoms with Crippen LogP contribution in [0.15, 0.2) is 15.5 Å². The van der Waals surface area contributed by atoms with Crippen molar-refractivity contribution in [2.45, 2.75) is 45.7 Å². The van der Waals surface area contributed by atoms with E-state index in [1.165, 1.54) is 12.8 Å². The molecule has 5 nitrogen and oxygen atoms in total. The highest BCUT2D eigenvalue weighted by Gasteiger charge is 2.23. The Kier molecular flexibility index (Phi) is 5.81. The second kappa shape index (κ2) is 7.40. The van der Waals surface area contributed by atoms with Gasteiger partial charge in [0.2, 0.25) is 0 Å². The van der Waals surface area contributed by atoms with Crippen molar-refractivity contribution in [3.05, 3.63) is 21.0 Å². The monoisotopic (exact) mass is 356 g/mol. The number of nitrogens with one attached hydrogen (secondary N) is 1. The SMILES string of the molecule is CCC(C)N(C)CCNc1cnn(CC2CC2)c(=O)c1Br. The molecule has 1 aromatic heterocycles. The van der Waals surface area contributed by atoms with E-state index < -0.39 is 0 Å². The molecule has 2 rings (SSSR count). The van der Waals surface area contributed by atoms with Gasteiger partial charge >= 0.3 is 0 Å². The average molecular weight is 357 g/mol. The molecule has 1 fully saturated rings. The lowest BCUT2D eigenvalue weighted by Gasteiger charge is -2.23. The Morgan fingerprint density at radius 3 is 2.90 bits per heavy atom. The molecule has 0 bridgehead atoms. The van der Waals surface area contributed by atoms with Crippen molar-refractivity contribution in [1.29, 1.82) is 0 Å². The molecular formula is C15H25BrN4O. The minimum atomic E-state index is -0.0396. The summed E-state index contributed by atoms with van der Waals surface area (Å²) in [5.74, 6) is 0.644. The van der Waals surface area contributed by atoms with Crippen molar-refractivity contribution < 1.29 is 0 Å². The number of hydrogen-bond donors (Lipinski definition) is 1. The Bertz CT molecular complexity index is 527. The second-order valence-electron chi connectivity index (χ2n) is 5.97. The summed E-state index contributed by atoms with van der Waals surface area (Å²) in [6, 6.07) is 0.569. The van der Waals surface area contributed by atoms with Gasteiger partial charge in [-0.1, -0.05) is 6.92 Å². The zero-order valence-electron chi connectivity index (χ0n) is 13.1. The Balaban J connectivity index is 1.91. The molecule has 6 heteroatoms. The van der Waals surface area contributed by atoms with Crippen LogP contribution in [0.5, 0.6) is 0 Å². The number of hydrogen-bond acceptors (Lipinski definition) is 4. The van der Waals surface area contributed by atoms with Crippen molar-refractivity contribution in [1.82, 2.24) is 14.7 Å². The van der Waals surface area contributed by atoms with E-state index in [2.05, 4.69) is 52.1 Å². The third kappa shape index (κ3) is 4.54. The normalized spacial score (nSPS) is 16.2. The highest BCUT2D eigenvalue weighted by molar-refractivity contribution is 9.10. The third-order valence-corrected chi connectivity index (χ3v) is 5.00. The van der Waals surface area contributed by atoms with Gasteiger partial charge in [-0.25, -0.2) is 4.68 Å². The van der Waals surface area contributed by atoms with Crippen molar-refractivity contribution in [2.24, 2.45) is 5.92 Å². The predicted octanol–water partition coefficient (Wildman–Crippen LogP) is 2.56. The lowest BCUT2D eigenvalue weighted by molar-refractivity contribution is 0.261. The molecule has 0 amide bonds. The second-order valence-corrected chi connectivity index (χ2v) is 6.76. The molecule has 0 saturated heterocycles. The first-order valence-electron chi connectivity index (χ1n) is 7.72. The summed E-state index contributed by atoms with van der Waals surface area (Å²) in [6.45, 7) is 6.89. The highest BCUT2D eigenvalue weighted by atomic mass is 79.9. The van der Waals surface area contributed by atoms with Crippen LogP contribution in [0.3, 0.4) is 0 Å². The molecule has 0 aromatic carbocycles. The molecule has 0 spiro atoms. The van der Waals surface area contributed by atoms with Gasteiger partial charge < -0.3 is 10.2 Å². The maximum atomic E-state index is 12.2. The lowest BCUT2D eigenvalue weighted by Crippen LogP contribution is -2.33. The van der Waals surface area contributed by atoms with E-state index in [1.54, 1.807) is 10.9 Å². The number of likely N-dealkylation sites (N-methyl/N-ethyl adjacent to an activating group) is 1. The summed E-state index contributed by atoms with van der Waals surface area (Å²) in [5.41, 5.74) is 0.742. The van der Waals surface area contributed by atoms with Gasteiger partial charge in [0.1, 0.15) is 4.47 Å². The van der Waals surface area contributed by atoms with Gasteiger partial charge in [0.25, 0.3) is 5.56 Å². The molecule has 21 heavy (non-hydrogen) atoms. The van der Waals surface area contributed by atoms with Crippen LogP contribution in [0.25, 0.3) is 0 Å². The first kappa shape index (κ1) is 16.5. The van der Waals surface area contributed by atoms with Crippen LogP contribution in [0.2, 0.25) is 0 Å². The van der Waals surface area contributed by atoms with E-state index in [0.717, 1.165) is 31.7 Å². The van der Waals surface area contributed by atoms with Crippen LogP contribution in [0.1, 0.15) is 33.1 Å². The molecule has 1 atom stereocenters. The Morgan fingerprint density at radius 1 is 1.57 bits per heavy atom. The summed E-state index contributed by atoms with van der Waals surface area (Å²) in [7, 11) is 2.12. The fourth-order valence-electron chi connectivity index (χ4n) is 2.16. The van der Waals surface area contributed by atoms with Crippen molar-refractivity contribution >= 4 is 21.6 Å². The number of aromatic nitrogens is 2. The van der Waals surface area contributed by atoms with Gasteiger partial charge in [0, 0.05) is 25.7 Å². The largest absolute Gasteiger partial charge is 0.381 e. The number of halogens is 1. The number of anilines is 1. The highest BCUT2D eigenvalue weighted by Crippen LogP contribution is 2.30. The predicted molar refractivity (Wildman–Crippen MR) is 89.8 cm³/mol. The fraction of sp³-hybridized carbons (Fsp3) is 0.733. The topological polar surface area (TPSA) is 50.2 Å². The Morgan fingerprint density at radius 2 is 2.29 bits per heavy atom. The maximum Gasteiger partial charge on any atom is 0.283 e. The van der Waals surface area contributed by atoms with Gasteiger partial charge in [-0.2, -0.15) is 5.10 Å². The van der Waals surface area contributed by atoms with Crippen molar-refractivity contribution in [3.8, 4) is 0 Å². The van der Waals surface area contributed by atoms with Crippen LogP contribution >= 0.6 is 15.9 Å². The Hall–Kier alpha value is -0.880. The van der Waals surface area contributed by atoms with E-state index in [4.69, 9.17) is 0 Å². The van der Waals surface area contributed by atoms with Crippen LogP contribution in [-0.2, 0) is 6.54 Å². The van der Waals surface area contributed by atoms with E-state index in [-0.39, 0.29) is 5.56 Å². The molecule has 1 saturated carbocycles. The molecule has 1 aromatic rings. The van der Waals surface area contributed by atoms with Gasteiger partial charge in [-0.05, 0) is 55.1 Å². The maximum absolute atomic E-state index is 12.2. The molecule has 0 aliphatic heterocycles. The van der Waals surface area contributed by atoms with E-state index in [1.807, 2.05) is 0 Å². The zero-order valence-corrected chi connectivity index (χ0v) is 14.7. The molecule has 1 unspecified atom stereocenters. The van der Waals surface area contributed by atoms with Gasteiger partial charge in [-0.3, -0.25) is 4.79 Å². The molecule has 1 N–H and O–H groups in total. The Labute approximate surface area is 134 Å². The molecule has 118 valence electrons. The lowest BCUT2D eigenvalue weighted by atomic mass is 10.2. The van der Waals surface area contributed by atoms with Crippen LogP contribution < -0.4 is 10.9 Å². The molecule has 1 aliphatic rings. The van der Waals surface area contributed by atoms with E-state index >= 15 is 0 Å². The molecule has 0 radical (unpaired) electrons. The summed E-state index contributed by atoms with van der Waals surface area (Å²) in [4.78, 5) is 14.5. The standard InChI is InChI=1S/C15H25BrN4O/c1-4-11(2)19(3)8-7-17-13-9-18-20(10-12-5-6-12)15(21)14(13)16/h9,11-12,17H,4-8,10H2,1-3H3. The third-order valence-electron chi connectivity index (χ3n) is 4.24. The average Bonchev–Trinajstić information content (AvgIpc) is 3.29. The first-order chi connectivity index (χ1) is 10.0. The minimum absolute atomic E-state index is 0.0396. The molecular weight excluding hydrogens is 332 g/mol. The van der Waals surface area contributed by atoms with Gasteiger partial charge in [-0.15, -0.1) is 0 Å².